The van der Waals surface area contributed by atoms with Crippen LogP contribution < -0.4 is 5.32 Å². The van der Waals surface area contributed by atoms with Crippen LogP contribution in [0.1, 0.15) is 33.1 Å². The summed E-state index contributed by atoms with van der Waals surface area (Å²) in [4.78, 5) is 22.8. The molecule has 1 atom stereocenters. The number of carbonyl (C=O) groups is 2. The zero-order valence-corrected chi connectivity index (χ0v) is 12.9. The van der Waals surface area contributed by atoms with E-state index in [2.05, 4.69) is 5.32 Å². The number of benzene rings is 1. The van der Waals surface area contributed by atoms with Gasteiger partial charge in [0.15, 0.2) is 0 Å². The smallest absolute Gasteiger partial charge is 0.303 e. The van der Waals surface area contributed by atoms with Crippen molar-refractivity contribution in [2.75, 3.05) is 5.32 Å². The first-order valence-corrected chi connectivity index (χ1v) is 6.98. The van der Waals surface area contributed by atoms with E-state index < -0.39 is 11.4 Å². The average molecular weight is 318 g/mol. The summed E-state index contributed by atoms with van der Waals surface area (Å²) in [5.41, 5.74) is -0.0234. The second-order valence-electron chi connectivity index (χ2n) is 5.09. The largest absolute Gasteiger partial charge is 0.481 e. The normalized spacial score (nSPS) is 13.6. The van der Waals surface area contributed by atoms with E-state index in [-0.39, 0.29) is 18.7 Å². The molecule has 0 unspecified atom stereocenters. The fourth-order valence-electron chi connectivity index (χ4n) is 1.84. The highest BCUT2D eigenvalue weighted by Crippen LogP contribution is 2.31. The van der Waals surface area contributed by atoms with Gasteiger partial charge < -0.3 is 10.4 Å². The Kier molecular flexibility index (Phi) is 5.84. The van der Waals surface area contributed by atoms with Crippen LogP contribution >= 0.6 is 23.2 Å². The second-order valence-corrected chi connectivity index (χ2v) is 5.90. The van der Waals surface area contributed by atoms with E-state index >= 15 is 0 Å². The topological polar surface area (TPSA) is 66.4 Å². The monoisotopic (exact) mass is 317 g/mol. The first kappa shape index (κ1) is 16.8. The SMILES string of the molecule is CC[C@](C)(CC(=O)O)CC(=O)Nc1ccc(Cl)c(Cl)c1. The number of anilines is 1. The van der Waals surface area contributed by atoms with Gasteiger partial charge in [-0.25, -0.2) is 0 Å². The van der Waals surface area contributed by atoms with E-state index in [1.807, 2.05) is 6.92 Å². The van der Waals surface area contributed by atoms with Crippen molar-refractivity contribution in [1.82, 2.24) is 0 Å². The van der Waals surface area contributed by atoms with E-state index in [4.69, 9.17) is 28.3 Å². The number of carboxylic acid groups (broad SMARTS) is 1. The summed E-state index contributed by atoms with van der Waals surface area (Å²) >= 11 is 11.7. The van der Waals surface area contributed by atoms with E-state index in [0.29, 0.717) is 22.2 Å². The average Bonchev–Trinajstić information content (AvgIpc) is 2.32. The number of nitrogens with one attached hydrogen (secondary N) is 1. The molecule has 4 nitrogen and oxygen atoms in total. The van der Waals surface area contributed by atoms with Crippen LogP contribution in [-0.4, -0.2) is 17.0 Å². The Labute approximate surface area is 128 Å². The van der Waals surface area contributed by atoms with Crippen molar-refractivity contribution in [3.63, 3.8) is 0 Å². The number of hydrogen-bond donors (Lipinski definition) is 2. The molecule has 20 heavy (non-hydrogen) atoms. The summed E-state index contributed by atoms with van der Waals surface area (Å²) in [6, 6.07) is 4.80. The van der Waals surface area contributed by atoms with Crippen LogP contribution in [-0.2, 0) is 9.59 Å². The third-order valence-corrected chi connectivity index (χ3v) is 3.96. The Morgan fingerprint density at radius 2 is 1.90 bits per heavy atom. The molecular weight excluding hydrogens is 301 g/mol. The predicted octanol–water partition coefficient (Wildman–Crippen LogP) is 4.21. The van der Waals surface area contributed by atoms with Crippen molar-refractivity contribution in [3.8, 4) is 0 Å². The lowest BCUT2D eigenvalue weighted by Gasteiger charge is -2.25. The molecule has 0 aliphatic carbocycles. The number of halogens is 2. The van der Waals surface area contributed by atoms with Crippen LogP contribution in [0, 0.1) is 5.41 Å². The fourth-order valence-corrected chi connectivity index (χ4v) is 2.14. The molecular formula is C14H17Cl2NO3. The van der Waals surface area contributed by atoms with Gasteiger partial charge in [-0.05, 0) is 30.0 Å². The molecule has 0 fully saturated rings. The molecule has 1 amide bonds. The van der Waals surface area contributed by atoms with Crippen LogP contribution in [0.5, 0.6) is 0 Å². The minimum atomic E-state index is -0.906. The molecule has 110 valence electrons. The Hall–Kier alpha value is -1.26. The minimum Gasteiger partial charge on any atom is -0.481 e. The highest BCUT2D eigenvalue weighted by Gasteiger charge is 2.28. The van der Waals surface area contributed by atoms with Crippen molar-refractivity contribution < 1.29 is 14.7 Å². The van der Waals surface area contributed by atoms with Gasteiger partial charge in [0.05, 0.1) is 16.5 Å². The number of aliphatic carboxylic acids is 1. The number of carbonyl (C=O) groups excluding carboxylic acids is 1. The van der Waals surface area contributed by atoms with Gasteiger partial charge in [0.2, 0.25) is 5.91 Å². The molecule has 0 heterocycles. The van der Waals surface area contributed by atoms with Gasteiger partial charge in [-0.15, -0.1) is 0 Å². The molecule has 0 saturated carbocycles. The van der Waals surface area contributed by atoms with Crippen molar-refractivity contribution in [3.05, 3.63) is 28.2 Å². The summed E-state index contributed by atoms with van der Waals surface area (Å²) in [5.74, 6) is -1.15. The Morgan fingerprint density at radius 3 is 2.40 bits per heavy atom. The molecule has 0 bridgehead atoms. The third-order valence-electron chi connectivity index (χ3n) is 3.22. The minimum absolute atomic E-state index is 0.0434. The summed E-state index contributed by atoms with van der Waals surface area (Å²) in [5, 5.41) is 12.4. The van der Waals surface area contributed by atoms with Crippen molar-refractivity contribution >= 4 is 40.8 Å². The molecule has 0 aliphatic heterocycles. The van der Waals surface area contributed by atoms with Crippen molar-refractivity contribution in [2.45, 2.75) is 33.1 Å². The molecule has 2 N–H and O–H groups in total. The molecule has 6 heteroatoms. The summed E-state index contributed by atoms with van der Waals surface area (Å²) < 4.78 is 0. The Morgan fingerprint density at radius 1 is 1.25 bits per heavy atom. The lowest BCUT2D eigenvalue weighted by Crippen LogP contribution is -2.27. The van der Waals surface area contributed by atoms with E-state index in [1.165, 1.54) is 0 Å². The highest BCUT2D eigenvalue weighted by atomic mass is 35.5. The maximum Gasteiger partial charge on any atom is 0.303 e. The van der Waals surface area contributed by atoms with Crippen LogP contribution in [0.3, 0.4) is 0 Å². The predicted molar refractivity (Wildman–Crippen MR) is 80.4 cm³/mol. The van der Waals surface area contributed by atoms with Gasteiger partial charge in [0.25, 0.3) is 0 Å². The molecule has 1 aromatic carbocycles. The van der Waals surface area contributed by atoms with E-state index in [0.717, 1.165) is 0 Å². The molecule has 0 spiro atoms. The lowest BCUT2D eigenvalue weighted by atomic mass is 9.80. The van der Waals surface area contributed by atoms with Gasteiger partial charge in [-0.2, -0.15) is 0 Å². The lowest BCUT2D eigenvalue weighted by molar-refractivity contribution is -0.140. The van der Waals surface area contributed by atoms with Gasteiger partial charge in [0, 0.05) is 12.1 Å². The first-order valence-electron chi connectivity index (χ1n) is 6.22. The van der Waals surface area contributed by atoms with E-state index in [1.54, 1.807) is 25.1 Å². The zero-order chi connectivity index (χ0) is 15.3. The molecule has 0 aromatic heterocycles. The molecule has 1 aromatic rings. The maximum absolute atomic E-state index is 12.0. The maximum atomic E-state index is 12.0. The van der Waals surface area contributed by atoms with Crippen LogP contribution in [0.4, 0.5) is 5.69 Å². The van der Waals surface area contributed by atoms with Crippen molar-refractivity contribution in [2.24, 2.45) is 5.41 Å². The number of amides is 1. The quantitative estimate of drug-likeness (QED) is 0.825. The van der Waals surface area contributed by atoms with Gasteiger partial charge in [0.1, 0.15) is 0 Å². The van der Waals surface area contributed by atoms with Crippen LogP contribution in [0.15, 0.2) is 18.2 Å². The molecule has 1 rings (SSSR count). The van der Waals surface area contributed by atoms with Gasteiger partial charge in [-0.1, -0.05) is 37.0 Å². The highest BCUT2D eigenvalue weighted by molar-refractivity contribution is 6.42. The molecule has 0 radical (unpaired) electrons. The van der Waals surface area contributed by atoms with E-state index in [9.17, 15) is 9.59 Å². The summed E-state index contributed by atoms with van der Waals surface area (Å²) in [6.45, 7) is 3.66. The van der Waals surface area contributed by atoms with Crippen LogP contribution in [0.2, 0.25) is 10.0 Å². The Balaban J connectivity index is 2.70. The first-order chi connectivity index (χ1) is 9.25. The zero-order valence-electron chi connectivity index (χ0n) is 11.4. The number of hydrogen-bond acceptors (Lipinski definition) is 2. The fraction of sp³-hybridized carbons (Fsp3) is 0.429. The Bertz CT molecular complexity index is 519. The third kappa shape index (κ3) is 5.02. The summed E-state index contributed by atoms with van der Waals surface area (Å²) in [6.07, 6.45) is 0.697. The molecule has 0 saturated heterocycles. The summed E-state index contributed by atoms with van der Waals surface area (Å²) in [7, 11) is 0. The number of carboxylic acids is 1. The molecule has 0 aliphatic rings. The van der Waals surface area contributed by atoms with Gasteiger partial charge >= 0.3 is 5.97 Å². The van der Waals surface area contributed by atoms with Gasteiger partial charge in [-0.3, -0.25) is 9.59 Å². The standard InChI is InChI=1S/C14H17Cl2NO3/c1-3-14(2,8-13(19)20)7-12(18)17-9-4-5-10(15)11(16)6-9/h4-6H,3,7-8H2,1-2H3,(H,17,18)(H,19,20)/t14-/m0/s1. The number of rotatable bonds is 6. The second kappa shape index (κ2) is 6.95. The van der Waals surface area contributed by atoms with Crippen LogP contribution in [0.25, 0.3) is 0 Å². The van der Waals surface area contributed by atoms with Crippen molar-refractivity contribution in [1.29, 1.82) is 0 Å².